The van der Waals surface area contributed by atoms with Crippen LogP contribution in [0.4, 0.5) is 0 Å². The zero-order valence-electron chi connectivity index (χ0n) is 12.0. The van der Waals surface area contributed by atoms with Crippen LogP contribution < -0.4 is 10.6 Å². The Kier molecular flexibility index (Phi) is 4.28. The predicted molar refractivity (Wildman–Crippen MR) is 73.5 cm³/mol. The molecule has 0 aromatic rings. The molecule has 0 radical (unpaired) electrons. The highest BCUT2D eigenvalue weighted by Crippen LogP contribution is 2.30. The van der Waals surface area contributed by atoms with E-state index in [1.54, 1.807) is 0 Å². The van der Waals surface area contributed by atoms with Crippen molar-refractivity contribution in [3.63, 3.8) is 0 Å². The summed E-state index contributed by atoms with van der Waals surface area (Å²) in [6.45, 7) is 7.05. The van der Waals surface area contributed by atoms with E-state index in [1.807, 2.05) is 0 Å². The first-order valence-electron chi connectivity index (χ1n) is 7.22. The van der Waals surface area contributed by atoms with E-state index in [9.17, 15) is 4.79 Å². The fraction of sp³-hybridized carbons (Fsp3) is 0.929. The van der Waals surface area contributed by atoms with Crippen molar-refractivity contribution in [2.45, 2.75) is 51.6 Å². The summed E-state index contributed by atoms with van der Waals surface area (Å²) >= 11 is 0. The fourth-order valence-corrected chi connectivity index (χ4v) is 2.81. The van der Waals surface area contributed by atoms with Crippen LogP contribution in [0.25, 0.3) is 0 Å². The summed E-state index contributed by atoms with van der Waals surface area (Å²) in [5, 5.41) is 6.44. The Bertz CT molecular complexity index is 299. The Balaban J connectivity index is 1.72. The molecule has 2 fully saturated rings. The molecule has 104 valence electrons. The van der Waals surface area contributed by atoms with Gasteiger partial charge >= 0.3 is 0 Å². The Hall–Kier alpha value is -0.610. The highest BCUT2D eigenvalue weighted by atomic mass is 16.2. The lowest BCUT2D eigenvalue weighted by Crippen LogP contribution is -2.56. The summed E-state index contributed by atoms with van der Waals surface area (Å²) < 4.78 is 0. The number of amides is 1. The summed E-state index contributed by atoms with van der Waals surface area (Å²) in [7, 11) is 2.15. The van der Waals surface area contributed by atoms with Crippen LogP contribution in [0.15, 0.2) is 0 Å². The topological polar surface area (TPSA) is 44.4 Å². The monoisotopic (exact) mass is 253 g/mol. The summed E-state index contributed by atoms with van der Waals surface area (Å²) in [6, 6.07) is 0.739. The summed E-state index contributed by atoms with van der Waals surface area (Å²) in [4.78, 5) is 14.5. The lowest BCUT2D eigenvalue weighted by atomic mass is 9.77. The average Bonchev–Trinajstić information content (AvgIpc) is 3.11. The zero-order chi connectivity index (χ0) is 13.2. The second-order valence-electron chi connectivity index (χ2n) is 6.48. The van der Waals surface area contributed by atoms with E-state index in [-0.39, 0.29) is 17.4 Å². The predicted octanol–water partition coefficient (Wildman–Crippen LogP) is 0.975. The SMILES string of the molecule is CN(CCNC(=O)C1NCCCC1(C)C)C1CC1. The minimum absolute atomic E-state index is 0.0301. The van der Waals surface area contributed by atoms with Crippen molar-refractivity contribution in [2.24, 2.45) is 5.41 Å². The molecule has 1 atom stereocenters. The Morgan fingerprint density at radius 3 is 2.78 bits per heavy atom. The van der Waals surface area contributed by atoms with Crippen LogP contribution in [0.1, 0.15) is 39.5 Å². The van der Waals surface area contributed by atoms with E-state index in [2.05, 4.69) is 36.4 Å². The molecule has 1 aliphatic carbocycles. The van der Waals surface area contributed by atoms with Gasteiger partial charge in [-0.2, -0.15) is 0 Å². The van der Waals surface area contributed by atoms with Gasteiger partial charge in [0.1, 0.15) is 0 Å². The third-order valence-corrected chi connectivity index (χ3v) is 4.32. The van der Waals surface area contributed by atoms with Gasteiger partial charge in [0, 0.05) is 19.1 Å². The Morgan fingerprint density at radius 1 is 1.44 bits per heavy atom. The lowest BCUT2D eigenvalue weighted by molar-refractivity contribution is -0.126. The van der Waals surface area contributed by atoms with Crippen molar-refractivity contribution in [1.82, 2.24) is 15.5 Å². The number of nitrogens with zero attached hydrogens (tertiary/aromatic N) is 1. The van der Waals surface area contributed by atoms with E-state index in [4.69, 9.17) is 0 Å². The van der Waals surface area contributed by atoms with Gasteiger partial charge in [0.15, 0.2) is 0 Å². The first-order valence-corrected chi connectivity index (χ1v) is 7.22. The van der Waals surface area contributed by atoms with E-state index in [1.165, 1.54) is 19.3 Å². The lowest BCUT2D eigenvalue weighted by Gasteiger charge is -2.38. The van der Waals surface area contributed by atoms with Crippen LogP contribution >= 0.6 is 0 Å². The van der Waals surface area contributed by atoms with E-state index in [0.717, 1.165) is 32.1 Å². The summed E-state index contributed by atoms with van der Waals surface area (Å²) in [5.74, 6) is 0.170. The minimum Gasteiger partial charge on any atom is -0.353 e. The van der Waals surface area contributed by atoms with Crippen LogP contribution in [0.3, 0.4) is 0 Å². The third-order valence-electron chi connectivity index (χ3n) is 4.32. The van der Waals surface area contributed by atoms with Crippen molar-refractivity contribution >= 4 is 5.91 Å². The zero-order valence-corrected chi connectivity index (χ0v) is 12.0. The number of carbonyl (C=O) groups is 1. The second-order valence-corrected chi connectivity index (χ2v) is 6.48. The van der Waals surface area contributed by atoms with Gasteiger partial charge in [-0.3, -0.25) is 4.79 Å². The first-order chi connectivity index (χ1) is 8.50. The number of carbonyl (C=O) groups excluding carboxylic acids is 1. The molecule has 1 amide bonds. The molecule has 2 aliphatic rings. The van der Waals surface area contributed by atoms with Crippen molar-refractivity contribution in [3.8, 4) is 0 Å². The van der Waals surface area contributed by atoms with Gasteiger partial charge < -0.3 is 15.5 Å². The van der Waals surface area contributed by atoms with Crippen LogP contribution in [0.2, 0.25) is 0 Å². The summed E-state index contributed by atoms with van der Waals surface area (Å²) in [6.07, 6.45) is 4.94. The molecule has 18 heavy (non-hydrogen) atoms. The van der Waals surface area contributed by atoms with Crippen molar-refractivity contribution in [3.05, 3.63) is 0 Å². The molecular formula is C14H27N3O. The molecular weight excluding hydrogens is 226 g/mol. The highest BCUT2D eigenvalue weighted by molar-refractivity contribution is 5.82. The van der Waals surface area contributed by atoms with E-state index < -0.39 is 0 Å². The van der Waals surface area contributed by atoms with Crippen molar-refractivity contribution in [1.29, 1.82) is 0 Å². The fourth-order valence-electron chi connectivity index (χ4n) is 2.81. The van der Waals surface area contributed by atoms with E-state index in [0.29, 0.717) is 0 Å². The normalized spacial score (nSPS) is 27.2. The number of piperidine rings is 1. The van der Waals surface area contributed by atoms with Gasteiger partial charge in [0.05, 0.1) is 6.04 Å². The Morgan fingerprint density at radius 2 is 2.17 bits per heavy atom. The van der Waals surface area contributed by atoms with Gasteiger partial charge in [-0.25, -0.2) is 0 Å². The van der Waals surface area contributed by atoms with Crippen LogP contribution in [0.5, 0.6) is 0 Å². The molecule has 2 N–H and O–H groups in total. The minimum atomic E-state index is -0.0301. The smallest absolute Gasteiger partial charge is 0.237 e. The molecule has 1 heterocycles. The number of rotatable bonds is 5. The highest BCUT2D eigenvalue weighted by Gasteiger charge is 2.36. The van der Waals surface area contributed by atoms with E-state index >= 15 is 0 Å². The molecule has 0 aromatic carbocycles. The second kappa shape index (κ2) is 5.57. The maximum atomic E-state index is 12.2. The quantitative estimate of drug-likeness (QED) is 0.767. The van der Waals surface area contributed by atoms with Gasteiger partial charge in [-0.05, 0) is 44.7 Å². The van der Waals surface area contributed by atoms with Crippen LogP contribution in [-0.2, 0) is 4.79 Å². The van der Waals surface area contributed by atoms with Gasteiger partial charge in [0.2, 0.25) is 5.91 Å². The molecule has 0 bridgehead atoms. The molecule has 0 aromatic heterocycles. The van der Waals surface area contributed by atoms with Crippen LogP contribution in [-0.4, -0.2) is 49.6 Å². The Labute approximate surface area is 110 Å². The van der Waals surface area contributed by atoms with Gasteiger partial charge in [0.25, 0.3) is 0 Å². The third kappa shape index (κ3) is 3.45. The van der Waals surface area contributed by atoms with Crippen LogP contribution in [0, 0.1) is 5.41 Å². The molecule has 1 aliphatic heterocycles. The standard InChI is InChI=1S/C14H27N3O/c1-14(2)7-4-8-15-12(14)13(18)16-9-10-17(3)11-5-6-11/h11-12,15H,4-10H2,1-3H3,(H,16,18). The van der Waals surface area contributed by atoms with Crippen molar-refractivity contribution < 1.29 is 4.79 Å². The molecule has 0 spiro atoms. The molecule has 4 nitrogen and oxygen atoms in total. The summed E-state index contributed by atoms with van der Waals surface area (Å²) in [5.41, 5.74) is 0.0741. The number of hydrogen-bond acceptors (Lipinski definition) is 3. The molecule has 4 heteroatoms. The average molecular weight is 253 g/mol. The number of hydrogen-bond donors (Lipinski definition) is 2. The maximum absolute atomic E-state index is 12.2. The largest absolute Gasteiger partial charge is 0.353 e. The maximum Gasteiger partial charge on any atom is 0.237 e. The van der Waals surface area contributed by atoms with Gasteiger partial charge in [-0.1, -0.05) is 13.8 Å². The molecule has 1 unspecified atom stereocenters. The molecule has 1 saturated carbocycles. The first kappa shape index (κ1) is 13.8. The van der Waals surface area contributed by atoms with Gasteiger partial charge in [-0.15, -0.1) is 0 Å². The molecule has 2 rings (SSSR count). The number of nitrogens with one attached hydrogen (secondary N) is 2. The molecule has 1 saturated heterocycles. The van der Waals surface area contributed by atoms with Crippen molar-refractivity contribution in [2.75, 3.05) is 26.7 Å². The number of likely N-dealkylation sites (N-methyl/N-ethyl adjacent to an activating group) is 1.